The van der Waals surface area contributed by atoms with Crippen molar-refractivity contribution in [2.24, 2.45) is 5.73 Å². The molecule has 2 aromatic rings. The molecule has 1 heterocycles. The fourth-order valence-corrected chi connectivity index (χ4v) is 2.86. The molecule has 1 aromatic heterocycles. The van der Waals surface area contributed by atoms with E-state index in [0.717, 1.165) is 16.2 Å². The van der Waals surface area contributed by atoms with E-state index in [1.54, 1.807) is 7.11 Å². The van der Waals surface area contributed by atoms with Crippen molar-refractivity contribution in [1.29, 1.82) is 0 Å². The van der Waals surface area contributed by atoms with Crippen LogP contribution in [0.5, 0.6) is 5.75 Å². The van der Waals surface area contributed by atoms with Gasteiger partial charge in [-0.1, -0.05) is 18.2 Å². The van der Waals surface area contributed by atoms with Crippen LogP contribution in [-0.4, -0.2) is 19.0 Å². The molecule has 7 heteroatoms. The molecule has 4 N–H and O–H groups in total. The van der Waals surface area contributed by atoms with Gasteiger partial charge in [-0.2, -0.15) is 0 Å². The van der Waals surface area contributed by atoms with Gasteiger partial charge in [0.25, 0.3) is 0 Å². The number of benzene rings is 1. The zero-order valence-electron chi connectivity index (χ0n) is 12.7. The fourth-order valence-electron chi connectivity index (χ4n) is 2.09. The lowest BCUT2D eigenvalue weighted by atomic mass is 10.1. The Morgan fingerprint density at radius 1 is 1.26 bits per heavy atom. The molecule has 0 aliphatic carbocycles. The van der Waals surface area contributed by atoms with Gasteiger partial charge < -0.3 is 21.1 Å². The average Bonchev–Trinajstić information content (AvgIpc) is 3.07. The topological polar surface area (TPSA) is 93.4 Å². The van der Waals surface area contributed by atoms with Crippen molar-refractivity contribution in [2.45, 2.75) is 19.0 Å². The first-order valence-electron chi connectivity index (χ1n) is 7.07. The summed E-state index contributed by atoms with van der Waals surface area (Å²) in [6, 6.07) is 10.1. The molecule has 1 aromatic carbocycles. The van der Waals surface area contributed by atoms with Gasteiger partial charge in [-0.05, 0) is 29.1 Å². The number of methoxy groups -OCH3 is 1. The Hall–Kier alpha value is -2.54. The third kappa shape index (κ3) is 5.30. The van der Waals surface area contributed by atoms with Crippen LogP contribution in [0.15, 0.2) is 41.8 Å². The van der Waals surface area contributed by atoms with E-state index in [2.05, 4.69) is 10.6 Å². The van der Waals surface area contributed by atoms with E-state index in [9.17, 15) is 9.59 Å². The summed E-state index contributed by atoms with van der Waals surface area (Å²) in [4.78, 5) is 24.1. The van der Waals surface area contributed by atoms with Gasteiger partial charge in [-0.15, -0.1) is 11.3 Å². The second kappa shape index (κ2) is 8.19. The maximum Gasteiger partial charge on any atom is 0.312 e. The van der Waals surface area contributed by atoms with Gasteiger partial charge in [0, 0.05) is 11.4 Å². The van der Waals surface area contributed by atoms with Crippen LogP contribution in [0.25, 0.3) is 0 Å². The summed E-state index contributed by atoms with van der Waals surface area (Å²) in [6.45, 7) is 0.413. The number of carbonyl (C=O) groups excluding carboxylic acids is 2. The van der Waals surface area contributed by atoms with Crippen molar-refractivity contribution in [3.8, 4) is 5.75 Å². The number of thiophene rings is 1. The fraction of sp³-hybridized carbons (Fsp3) is 0.250. The van der Waals surface area contributed by atoms with E-state index in [4.69, 9.17) is 10.5 Å². The monoisotopic (exact) mass is 333 g/mol. The van der Waals surface area contributed by atoms with Crippen molar-refractivity contribution in [2.75, 3.05) is 7.11 Å². The summed E-state index contributed by atoms with van der Waals surface area (Å²) in [7, 11) is 1.60. The minimum absolute atomic E-state index is 0.139. The van der Waals surface area contributed by atoms with Crippen LogP contribution in [0, 0.1) is 0 Å². The maximum atomic E-state index is 12.1. The van der Waals surface area contributed by atoms with Crippen LogP contribution in [0.3, 0.4) is 0 Å². The standard InChI is InChI=1S/C16H19N3O3S/c1-22-12-6-4-11(5-7-12)10-18-15(20)9-13(19-16(17)21)14-3-2-8-23-14/h2-8,13H,9-10H2,1H3,(H,18,20)(H3,17,19,21). The molecular formula is C16H19N3O3S. The van der Waals surface area contributed by atoms with Gasteiger partial charge >= 0.3 is 6.03 Å². The molecule has 2 rings (SSSR count). The molecule has 0 bridgehead atoms. The number of ether oxygens (including phenoxy) is 1. The number of rotatable bonds is 7. The van der Waals surface area contributed by atoms with E-state index in [1.165, 1.54) is 11.3 Å². The number of hydrogen-bond acceptors (Lipinski definition) is 4. The van der Waals surface area contributed by atoms with E-state index in [-0.39, 0.29) is 12.3 Å². The van der Waals surface area contributed by atoms with E-state index >= 15 is 0 Å². The van der Waals surface area contributed by atoms with Crippen LogP contribution in [0.4, 0.5) is 4.79 Å². The first-order valence-corrected chi connectivity index (χ1v) is 7.95. The van der Waals surface area contributed by atoms with Crippen molar-refractivity contribution in [1.82, 2.24) is 10.6 Å². The smallest absolute Gasteiger partial charge is 0.312 e. The summed E-state index contributed by atoms with van der Waals surface area (Å²) in [5.74, 6) is 0.608. The number of urea groups is 1. The number of amides is 3. The predicted octanol–water partition coefficient (Wildman–Crippen LogP) is 2.17. The van der Waals surface area contributed by atoms with E-state index in [0.29, 0.717) is 6.54 Å². The lowest BCUT2D eigenvalue weighted by Gasteiger charge is -2.16. The Bertz CT molecular complexity index is 641. The Morgan fingerprint density at radius 2 is 2.00 bits per heavy atom. The molecule has 122 valence electrons. The molecule has 0 saturated carbocycles. The molecule has 23 heavy (non-hydrogen) atoms. The highest BCUT2D eigenvalue weighted by atomic mass is 32.1. The molecule has 6 nitrogen and oxygen atoms in total. The molecular weight excluding hydrogens is 314 g/mol. The van der Waals surface area contributed by atoms with E-state index < -0.39 is 12.1 Å². The molecule has 3 amide bonds. The zero-order chi connectivity index (χ0) is 16.7. The first-order chi connectivity index (χ1) is 11.1. The van der Waals surface area contributed by atoms with Gasteiger partial charge in [-0.25, -0.2) is 4.79 Å². The Morgan fingerprint density at radius 3 is 2.57 bits per heavy atom. The average molecular weight is 333 g/mol. The molecule has 0 aliphatic rings. The van der Waals surface area contributed by atoms with Crippen molar-refractivity contribution >= 4 is 23.3 Å². The third-order valence-electron chi connectivity index (χ3n) is 3.24. The highest BCUT2D eigenvalue weighted by molar-refractivity contribution is 7.10. The van der Waals surface area contributed by atoms with Gasteiger partial charge in [0.2, 0.25) is 5.91 Å². The molecule has 0 spiro atoms. The van der Waals surface area contributed by atoms with Crippen LogP contribution in [0.1, 0.15) is 22.9 Å². The van der Waals surface area contributed by atoms with Gasteiger partial charge in [0.15, 0.2) is 0 Å². The molecule has 0 radical (unpaired) electrons. The summed E-state index contributed by atoms with van der Waals surface area (Å²) in [5.41, 5.74) is 6.15. The third-order valence-corrected chi connectivity index (χ3v) is 4.23. The van der Waals surface area contributed by atoms with Crippen LogP contribution in [-0.2, 0) is 11.3 Å². The maximum absolute atomic E-state index is 12.1. The largest absolute Gasteiger partial charge is 0.497 e. The summed E-state index contributed by atoms with van der Waals surface area (Å²) >= 11 is 1.47. The Balaban J connectivity index is 1.89. The second-order valence-corrected chi connectivity index (χ2v) is 5.88. The molecule has 1 unspecified atom stereocenters. The Labute approximate surface area is 138 Å². The molecule has 0 aliphatic heterocycles. The first kappa shape index (κ1) is 16.8. The number of carbonyl (C=O) groups is 2. The lowest BCUT2D eigenvalue weighted by molar-refractivity contribution is -0.121. The number of nitrogens with one attached hydrogen (secondary N) is 2. The summed E-state index contributed by atoms with van der Waals surface area (Å²) in [5, 5.41) is 7.32. The lowest BCUT2D eigenvalue weighted by Crippen LogP contribution is -2.36. The quantitative estimate of drug-likeness (QED) is 0.725. The molecule has 0 fully saturated rings. The van der Waals surface area contributed by atoms with Gasteiger partial charge in [0.05, 0.1) is 19.6 Å². The molecule has 1 atom stereocenters. The van der Waals surface area contributed by atoms with Crippen LogP contribution in [0.2, 0.25) is 0 Å². The minimum atomic E-state index is -0.647. The summed E-state index contributed by atoms with van der Waals surface area (Å²) in [6.07, 6.45) is 0.139. The van der Waals surface area contributed by atoms with Crippen molar-refractivity contribution in [3.63, 3.8) is 0 Å². The van der Waals surface area contributed by atoms with Crippen molar-refractivity contribution in [3.05, 3.63) is 52.2 Å². The van der Waals surface area contributed by atoms with E-state index in [1.807, 2.05) is 41.8 Å². The summed E-state index contributed by atoms with van der Waals surface area (Å²) < 4.78 is 5.09. The highest BCUT2D eigenvalue weighted by Crippen LogP contribution is 2.22. The SMILES string of the molecule is COc1ccc(CNC(=O)CC(NC(N)=O)c2cccs2)cc1. The normalized spacial score (nSPS) is 11.5. The zero-order valence-corrected chi connectivity index (χ0v) is 13.6. The van der Waals surface area contributed by atoms with Crippen molar-refractivity contribution < 1.29 is 14.3 Å². The molecule has 0 saturated heterocycles. The number of primary amides is 1. The highest BCUT2D eigenvalue weighted by Gasteiger charge is 2.18. The predicted molar refractivity (Wildman–Crippen MR) is 89.2 cm³/mol. The van der Waals surface area contributed by atoms with Crippen LogP contribution < -0.4 is 21.1 Å². The van der Waals surface area contributed by atoms with Gasteiger partial charge in [0.1, 0.15) is 5.75 Å². The van der Waals surface area contributed by atoms with Gasteiger partial charge in [-0.3, -0.25) is 4.79 Å². The van der Waals surface area contributed by atoms with Crippen LogP contribution >= 0.6 is 11.3 Å². The number of hydrogen-bond donors (Lipinski definition) is 3. The second-order valence-electron chi connectivity index (χ2n) is 4.91. The number of nitrogens with two attached hydrogens (primary N) is 1. The minimum Gasteiger partial charge on any atom is -0.497 e. The Kier molecular flexibility index (Phi) is 5.99.